The maximum atomic E-state index is 13.0. The van der Waals surface area contributed by atoms with Gasteiger partial charge in [-0.1, -0.05) is 30.3 Å². The number of pyridine rings is 1. The van der Waals surface area contributed by atoms with E-state index in [4.69, 9.17) is 9.47 Å². The van der Waals surface area contributed by atoms with Gasteiger partial charge >= 0.3 is 12.1 Å². The Morgan fingerprint density at radius 3 is 2.16 bits per heavy atom. The molecular weight excluding hydrogens is 404 g/mol. The Labute approximate surface area is 190 Å². The molecule has 172 valence electrons. The van der Waals surface area contributed by atoms with E-state index in [0.717, 1.165) is 23.1 Å². The molecule has 32 heavy (non-hydrogen) atoms. The van der Waals surface area contributed by atoms with E-state index < -0.39 is 23.3 Å². The summed E-state index contributed by atoms with van der Waals surface area (Å²) < 4.78 is 11.2. The van der Waals surface area contributed by atoms with Crippen molar-refractivity contribution in [1.29, 1.82) is 0 Å². The number of benzene rings is 1. The quantitative estimate of drug-likeness (QED) is 0.586. The number of carbonyl (C=O) groups is 2. The van der Waals surface area contributed by atoms with Crippen LogP contribution in [0.3, 0.4) is 0 Å². The van der Waals surface area contributed by atoms with Gasteiger partial charge in [0.1, 0.15) is 17.2 Å². The summed E-state index contributed by atoms with van der Waals surface area (Å²) in [6.45, 7) is 11.4. The minimum absolute atomic E-state index is 0.147. The number of amides is 1. The third-order valence-electron chi connectivity index (χ3n) is 5.29. The maximum Gasteiger partial charge on any atom is 0.411 e. The highest BCUT2D eigenvalue weighted by molar-refractivity contribution is 5.82. The van der Waals surface area contributed by atoms with Crippen molar-refractivity contribution in [3.63, 3.8) is 0 Å². The fraction of sp³-hybridized carbons (Fsp3) is 0.500. The standard InChI is InChI=1S/C26H34N2O4/c1-25(2,3)31-23(29)22-16-20(13-15-28(22)24(30)32-26(4,5)6)18-9-11-19(12-10-18)21-8-7-14-27-17-21/h7-12,14,17,20,22H,13,15-16H2,1-6H3/t20-,22+/m0/s1. The average Bonchev–Trinajstić information content (AvgIpc) is 2.71. The van der Waals surface area contributed by atoms with Crippen LogP contribution in [-0.2, 0) is 14.3 Å². The summed E-state index contributed by atoms with van der Waals surface area (Å²) in [5.74, 6) is -0.241. The molecule has 3 rings (SSSR count). The molecule has 0 radical (unpaired) electrons. The van der Waals surface area contributed by atoms with Gasteiger partial charge in [0.05, 0.1) is 0 Å². The lowest BCUT2D eigenvalue weighted by Gasteiger charge is -2.39. The topological polar surface area (TPSA) is 68.7 Å². The van der Waals surface area contributed by atoms with Crippen molar-refractivity contribution >= 4 is 12.1 Å². The monoisotopic (exact) mass is 438 g/mol. The van der Waals surface area contributed by atoms with Crippen molar-refractivity contribution in [2.75, 3.05) is 6.54 Å². The van der Waals surface area contributed by atoms with Crippen LogP contribution in [-0.4, -0.2) is 45.7 Å². The number of piperidine rings is 1. The molecule has 0 unspecified atom stereocenters. The lowest BCUT2D eigenvalue weighted by Crippen LogP contribution is -2.52. The van der Waals surface area contributed by atoms with Crippen LogP contribution in [0.25, 0.3) is 11.1 Å². The highest BCUT2D eigenvalue weighted by Gasteiger charge is 2.40. The Balaban J connectivity index is 1.80. The molecule has 0 bridgehead atoms. The molecule has 0 aliphatic carbocycles. The van der Waals surface area contributed by atoms with E-state index in [1.165, 1.54) is 4.90 Å². The SMILES string of the molecule is CC(C)(C)OC(=O)[C@H]1C[C@@H](c2ccc(-c3cccnc3)cc2)CCN1C(=O)OC(C)(C)C. The van der Waals surface area contributed by atoms with Crippen LogP contribution in [0.4, 0.5) is 4.79 Å². The molecule has 1 aromatic carbocycles. The zero-order chi connectivity index (χ0) is 23.5. The van der Waals surface area contributed by atoms with Crippen LogP contribution < -0.4 is 0 Å². The van der Waals surface area contributed by atoms with E-state index in [9.17, 15) is 9.59 Å². The fourth-order valence-electron chi connectivity index (χ4n) is 3.88. The number of aromatic nitrogens is 1. The fourth-order valence-corrected chi connectivity index (χ4v) is 3.88. The average molecular weight is 439 g/mol. The summed E-state index contributed by atoms with van der Waals surface area (Å²) in [5.41, 5.74) is 2.04. The van der Waals surface area contributed by atoms with Gasteiger partial charge in [-0.3, -0.25) is 9.88 Å². The molecule has 2 atom stereocenters. The Kier molecular flexibility index (Phi) is 6.91. The Bertz CT molecular complexity index is 927. The minimum Gasteiger partial charge on any atom is -0.458 e. The van der Waals surface area contributed by atoms with E-state index >= 15 is 0 Å². The predicted octanol–water partition coefficient (Wildman–Crippen LogP) is 5.57. The summed E-state index contributed by atoms with van der Waals surface area (Å²) in [6, 6.07) is 11.6. The lowest BCUT2D eigenvalue weighted by molar-refractivity contribution is -0.162. The molecule has 1 aliphatic rings. The number of hydrogen-bond donors (Lipinski definition) is 0. The first-order valence-corrected chi connectivity index (χ1v) is 11.2. The molecule has 0 spiro atoms. The predicted molar refractivity (Wildman–Crippen MR) is 124 cm³/mol. The smallest absolute Gasteiger partial charge is 0.411 e. The Morgan fingerprint density at radius 2 is 1.59 bits per heavy atom. The van der Waals surface area contributed by atoms with Gasteiger partial charge in [-0.05, 0) is 83.1 Å². The summed E-state index contributed by atoms with van der Waals surface area (Å²) in [6.07, 6.45) is 4.38. The molecule has 1 fully saturated rings. The second-order valence-corrected chi connectivity index (χ2v) is 10.3. The van der Waals surface area contributed by atoms with E-state index in [1.807, 2.05) is 59.9 Å². The molecule has 2 heterocycles. The van der Waals surface area contributed by atoms with Gasteiger partial charge in [0.25, 0.3) is 0 Å². The van der Waals surface area contributed by atoms with Gasteiger partial charge in [-0.25, -0.2) is 9.59 Å². The largest absolute Gasteiger partial charge is 0.458 e. The maximum absolute atomic E-state index is 13.0. The van der Waals surface area contributed by atoms with Gasteiger partial charge in [0, 0.05) is 18.9 Å². The molecule has 0 saturated carbocycles. The van der Waals surface area contributed by atoms with Crippen LogP contribution in [0, 0.1) is 0 Å². The molecule has 6 heteroatoms. The Hall–Kier alpha value is -2.89. The lowest BCUT2D eigenvalue weighted by atomic mass is 9.84. The van der Waals surface area contributed by atoms with Gasteiger partial charge in [0.2, 0.25) is 0 Å². The first-order valence-electron chi connectivity index (χ1n) is 11.2. The van der Waals surface area contributed by atoms with Crippen LogP contribution in [0.1, 0.15) is 65.9 Å². The zero-order valence-electron chi connectivity index (χ0n) is 19.9. The molecule has 1 amide bonds. The number of rotatable bonds is 3. The zero-order valence-corrected chi connectivity index (χ0v) is 19.9. The van der Waals surface area contributed by atoms with Crippen molar-refractivity contribution in [3.8, 4) is 11.1 Å². The molecule has 0 N–H and O–H groups in total. The summed E-state index contributed by atoms with van der Waals surface area (Å²) in [7, 11) is 0. The van der Waals surface area contributed by atoms with E-state index in [2.05, 4.69) is 29.2 Å². The summed E-state index contributed by atoms with van der Waals surface area (Å²) in [4.78, 5) is 31.6. The molecule has 1 saturated heterocycles. The van der Waals surface area contributed by atoms with Crippen LogP contribution in [0.15, 0.2) is 48.8 Å². The van der Waals surface area contributed by atoms with E-state index in [0.29, 0.717) is 13.0 Å². The van der Waals surface area contributed by atoms with Crippen molar-refractivity contribution in [2.24, 2.45) is 0 Å². The normalized spacial score (nSPS) is 19.4. The second kappa shape index (κ2) is 9.31. The molecular formula is C26H34N2O4. The van der Waals surface area contributed by atoms with Crippen molar-refractivity contribution in [2.45, 2.75) is 77.5 Å². The number of ether oxygens (including phenoxy) is 2. The van der Waals surface area contributed by atoms with Crippen molar-refractivity contribution < 1.29 is 19.1 Å². The third kappa shape index (κ3) is 6.31. The van der Waals surface area contributed by atoms with E-state index in [1.54, 1.807) is 6.20 Å². The van der Waals surface area contributed by atoms with E-state index in [-0.39, 0.29) is 11.9 Å². The number of likely N-dealkylation sites (tertiary alicyclic amines) is 1. The number of esters is 1. The number of hydrogen-bond acceptors (Lipinski definition) is 5. The molecule has 6 nitrogen and oxygen atoms in total. The highest BCUT2D eigenvalue weighted by atomic mass is 16.6. The molecule has 2 aromatic rings. The van der Waals surface area contributed by atoms with Crippen molar-refractivity contribution in [3.05, 3.63) is 54.4 Å². The summed E-state index contributed by atoms with van der Waals surface area (Å²) >= 11 is 0. The Morgan fingerprint density at radius 1 is 0.938 bits per heavy atom. The third-order valence-corrected chi connectivity index (χ3v) is 5.29. The van der Waals surface area contributed by atoms with Crippen LogP contribution >= 0.6 is 0 Å². The molecule has 1 aromatic heterocycles. The van der Waals surface area contributed by atoms with Gasteiger partial charge in [-0.2, -0.15) is 0 Å². The first-order chi connectivity index (χ1) is 14.9. The summed E-state index contributed by atoms with van der Waals surface area (Å²) in [5, 5.41) is 0. The second-order valence-electron chi connectivity index (χ2n) is 10.3. The first kappa shape index (κ1) is 23.8. The van der Waals surface area contributed by atoms with Crippen LogP contribution in [0.2, 0.25) is 0 Å². The highest BCUT2D eigenvalue weighted by Crippen LogP contribution is 2.34. The number of nitrogens with zero attached hydrogens (tertiary/aromatic N) is 2. The van der Waals surface area contributed by atoms with Gasteiger partial charge in [0.15, 0.2) is 0 Å². The van der Waals surface area contributed by atoms with Crippen molar-refractivity contribution in [1.82, 2.24) is 9.88 Å². The molecule has 1 aliphatic heterocycles. The minimum atomic E-state index is -0.680. The van der Waals surface area contributed by atoms with Crippen LogP contribution in [0.5, 0.6) is 0 Å². The van der Waals surface area contributed by atoms with Gasteiger partial charge in [-0.15, -0.1) is 0 Å². The van der Waals surface area contributed by atoms with Gasteiger partial charge < -0.3 is 9.47 Å². The number of carbonyl (C=O) groups excluding carboxylic acids is 2.